The molecule has 0 amide bonds. The minimum Gasteiger partial charge on any atom is -0.288 e. The number of carbonyl (C=O) groups excluding carboxylic acids is 2. The first-order valence-corrected chi connectivity index (χ1v) is 7.28. The number of hydrogen-bond donors (Lipinski definition) is 0. The minimum atomic E-state index is -0.441. The number of ketones is 2. The third-order valence-corrected chi connectivity index (χ3v) is 4.51. The molecule has 0 radical (unpaired) electrons. The maximum absolute atomic E-state index is 13.9. The average Bonchev–Trinajstić information content (AvgIpc) is 2.98. The Balaban J connectivity index is 1.93. The molecule has 6 heteroatoms. The fourth-order valence-corrected chi connectivity index (χ4v) is 3.43. The van der Waals surface area contributed by atoms with Crippen LogP contribution in [-0.4, -0.2) is 21.5 Å². The van der Waals surface area contributed by atoms with Gasteiger partial charge in [0.05, 0.1) is 5.56 Å². The molecule has 0 fully saturated rings. The van der Waals surface area contributed by atoms with Crippen molar-refractivity contribution < 1.29 is 14.0 Å². The van der Waals surface area contributed by atoms with E-state index in [4.69, 9.17) is 0 Å². The van der Waals surface area contributed by atoms with Crippen LogP contribution in [0.3, 0.4) is 0 Å². The van der Waals surface area contributed by atoms with Gasteiger partial charge in [0.25, 0.3) is 0 Å². The van der Waals surface area contributed by atoms with E-state index in [9.17, 15) is 14.0 Å². The second kappa shape index (κ2) is 4.64. The van der Waals surface area contributed by atoms with Gasteiger partial charge in [0, 0.05) is 11.8 Å². The molecule has 1 aromatic carbocycles. The Kier molecular flexibility index (Phi) is 2.74. The van der Waals surface area contributed by atoms with Gasteiger partial charge in [-0.05, 0) is 24.3 Å². The highest BCUT2D eigenvalue weighted by atomic mass is 32.1. The first-order valence-electron chi connectivity index (χ1n) is 6.47. The van der Waals surface area contributed by atoms with Crippen LogP contribution in [0.25, 0.3) is 10.6 Å². The molecule has 0 bridgehead atoms. The monoisotopic (exact) mass is 310 g/mol. The molecule has 0 N–H and O–H groups in total. The zero-order chi connectivity index (χ0) is 15.3. The summed E-state index contributed by atoms with van der Waals surface area (Å²) in [6.45, 7) is 0. The molecule has 3 aromatic rings. The first-order chi connectivity index (χ1) is 10.7. The van der Waals surface area contributed by atoms with Crippen molar-refractivity contribution in [1.29, 1.82) is 0 Å². The van der Waals surface area contributed by atoms with Gasteiger partial charge in [0.15, 0.2) is 0 Å². The first kappa shape index (κ1) is 13.0. The van der Waals surface area contributed by atoms with Crippen molar-refractivity contribution >= 4 is 22.9 Å². The van der Waals surface area contributed by atoms with Crippen molar-refractivity contribution in [2.75, 3.05) is 0 Å². The number of nitrogens with zero attached hydrogens (tertiary/aromatic N) is 2. The quantitative estimate of drug-likeness (QED) is 0.542. The molecule has 1 aliphatic carbocycles. The van der Waals surface area contributed by atoms with Crippen LogP contribution in [0.1, 0.15) is 31.4 Å². The highest BCUT2D eigenvalue weighted by Gasteiger charge is 2.34. The van der Waals surface area contributed by atoms with Crippen LogP contribution in [0.2, 0.25) is 0 Å². The van der Waals surface area contributed by atoms with Crippen molar-refractivity contribution in [3.05, 3.63) is 70.2 Å². The fraction of sp³-hybridized carbons (Fsp3) is 0. The summed E-state index contributed by atoms with van der Waals surface area (Å²) in [7, 11) is 0. The zero-order valence-electron chi connectivity index (χ0n) is 11.0. The van der Waals surface area contributed by atoms with Crippen LogP contribution in [-0.2, 0) is 0 Å². The second-order valence-electron chi connectivity index (χ2n) is 4.73. The number of benzene rings is 1. The zero-order valence-corrected chi connectivity index (χ0v) is 11.9. The van der Waals surface area contributed by atoms with Crippen molar-refractivity contribution in [2.45, 2.75) is 0 Å². The highest BCUT2D eigenvalue weighted by Crippen LogP contribution is 2.35. The molecule has 4 nitrogen and oxygen atoms in total. The Hall–Kier alpha value is -2.73. The molecular formula is C16H7FN2O2S. The van der Waals surface area contributed by atoms with Crippen molar-refractivity contribution in [1.82, 2.24) is 9.97 Å². The predicted molar refractivity (Wildman–Crippen MR) is 78.6 cm³/mol. The van der Waals surface area contributed by atoms with E-state index in [-0.39, 0.29) is 33.2 Å². The van der Waals surface area contributed by atoms with Gasteiger partial charge >= 0.3 is 0 Å². The molecule has 106 valence electrons. The number of hydrogen-bond acceptors (Lipinski definition) is 5. The van der Waals surface area contributed by atoms with Crippen LogP contribution in [0.4, 0.5) is 4.39 Å². The lowest BCUT2D eigenvalue weighted by Crippen LogP contribution is -2.20. The fourth-order valence-electron chi connectivity index (χ4n) is 2.38. The molecule has 22 heavy (non-hydrogen) atoms. The molecule has 0 saturated heterocycles. The van der Waals surface area contributed by atoms with Crippen LogP contribution < -0.4 is 0 Å². The van der Waals surface area contributed by atoms with E-state index in [0.717, 1.165) is 11.3 Å². The van der Waals surface area contributed by atoms with E-state index in [0.29, 0.717) is 5.01 Å². The van der Waals surface area contributed by atoms with Crippen molar-refractivity contribution in [3.63, 3.8) is 0 Å². The largest absolute Gasteiger partial charge is 0.288 e. The number of fused-ring (bicyclic) bond motifs is 2. The summed E-state index contributed by atoms with van der Waals surface area (Å²) in [4.78, 5) is 33.3. The van der Waals surface area contributed by atoms with Crippen molar-refractivity contribution in [2.24, 2.45) is 0 Å². The summed E-state index contributed by atoms with van der Waals surface area (Å²) in [6.07, 6.45) is 1.46. The number of carbonyl (C=O) groups is 2. The van der Waals surface area contributed by atoms with Gasteiger partial charge in [0.2, 0.25) is 11.6 Å². The van der Waals surface area contributed by atoms with Crippen molar-refractivity contribution in [3.8, 4) is 10.6 Å². The van der Waals surface area contributed by atoms with Gasteiger partial charge in [-0.25, -0.2) is 9.37 Å². The molecule has 0 saturated carbocycles. The van der Waals surface area contributed by atoms with Gasteiger partial charge < -0.3 is 0 Å². The Bertz CT molecular complexity index is 896. The predicted octanol–water partition coefficient (Wildman–Crippen LogP) is 3.12. The Morgan fingerprint density at radius 1 is 0.909 bits per heavy atom. The van der Waals surface area contributed by atoms with E-state index in [2.05, 4.69) is 9.97 Å². The highest BCUT2D eigenvalue weighted by molar-refractivity contribution is 7.17. The van der Waals surface area contributed by atoms with Crippen LogP contribution in [0.5, 0.6) is 0 Å². The van der Waals surface area contributed by atoms with Gasteiger partial charge in [-0.1, -0.05) is 12.1 Å². The van der Waals surface area contributed by atoms with Gasteiger partial charge in [-0.15, -0.1) is 11.3 Å². The molecular weight excluding hydrogens is 303 g/mol. The number of thiazole rings is 1. The minimum absolute atomic E-state index is 0.0550. The van der Waals surface area contributed by atoms with E-state index in [1.807, 2.05) is 0 Å². The van der Waals surface area contributed by atoms with E-state index >= 15 is 0 Å². The molecule has 2 aromatic heterocycles. The lowest BCUT2D eigenvalue weighted by Gasteiger charge is -2.10. The number of pyridine rings is 1. The molecule has 0 unspecified atom stereocenters. The Morgan fingerprint density at radius 2 is 1.68 bits per heavy atom. The van der Waals surface area contributed by atoms with Crippen LogP contribution in [0, 0.1) is 5.82 Å². The maximum Gasteiger partial charge on any atom is 0.232 e. The standard InChI is InChI=1S/C16H7FN2O2S/c17-10-6-2-1-4-8(10)16-19-12-14(21)11-9(5-3-7-18-11)13(20)15(12)22-16/h1-7H. The number of aromatic nitrogens is 2. The summed E-state index contributed by atoms with van der Waals surface area (Å²) in [5.41, 5.74) is 0.702. The van der Waals surface area contributed by atoms with Crippen LogP contribution in [0.15, 0.2) is 42.6 Å². The molecule has 0 aliphatic heterocycles. The summed E-state index contributed by atoms with van der Waals surface area (Å²) in [5.74, 6) is -1.13. The van der Waals surface area contributed by atoms with Crippen LogP contribution >= 0.6 is 11.3 Å². The summed E-state index contributed by atoms with van der Waals surface area (Å²) >= 11 is 1.03. The van der Waals surface area contributed by atoms with E-state index in [1.165, 1.54) is 12.3 Å². The third-order valence-electron chi connectivity index (χ3n) is 3.42. The molecule has 0 spiro atoms. The number of halogens is 1. The molecule has 4 rings (SSSR count). The normalized spacial score (nSPS) is 13.0. The summed E-state index contributed by atoms with van der Waals surface area (Å²) in [6, 6.07) is 9.30. The average molecular weight is 310 g/mol. The summed E-state index contributed by atoms with van der Waals surface area (Å²) < 4.78 is 13.9. The topological polar surface area (TPSA) is 59.9 Å². The Labute approximate surface area is 128 Å². The SMILES string of the molecule is O=C1c2ncccc2C(=O)c2sc(-c3ccccc3F)nc21. The van der Waals surface area contributed by atoms with Gasteiger partial charge in [0.1, 0.15) is 27.1 Å². The molecule has 1 aliphatic rings. The molecule has 0 atom stereocenters. The lowest BCUT2D eigenvalue weighted by molar-refractivity contribution is 0.0975. The maximum atomic E-state index is 13.9. The Morgan fingerprint density at radius 3 is 2.50 bits per heavy atom. The molecule has 2 heterocycles. The smallest absolute Gasteiger partial charge is 0.232 e. The second-order valence-corrected chi connectivity index (χ2v) is 5.73. The third kappa shape index (κ3) is 1.74. The lowest BCUT2D eigenvalue weighted by atomic mass is 9.96. The summed E-state index contributed by atoms with van der Waals surface area (Å²) in [5, 5.41) is 0.317. The van der Waals surface area contributed by atoms with E-state index in [1.54, 1.807) is 30.3 Å². The van der Waals surface area contributed by atoms with Gasteiger partial charge in [-0.2, -0.15) is 0 Å². The van der Waals surface area contributed by atoms with E-state index < -0.39 is 11.6 Å². The van der Waals surface area contributed by atoms with Gasteiger partial charge in [-0.3, -0.25) is 14.6 Å². The number of rotatable bonds is 1.